The van der Waals surface area contributed by atoms with Crippen molar-refractivity contribution in [2.24, 2.45) is 4.99 Å². The topological polar surface area (TPSA) is 56.5 Å². The molecule has 4 aromatic carbocycles. The van der Waals surface area contributed by atoms with Crippen LogP contribution >= 0.6 is 0 Å². The summed E-state index contributed by atoms with van der Waals surface area (Å²) in [5, 5.41) is 2.18. The molecule has 0 saturated heterocycles. The van der Waals surface area contributed by atoms with Gasteiger partial charge in [-0.2, -0.15) is 12.1 Å². The number of aliphatic imine (C=N–C) groups is 1. The van der Waals surface area contributed by atoms with Crippen LogP contribution in [0.2, 0.25) is 0 Å². The maximum Gasteiger partial charge on any atom is 2.00 e. The number of benzene rings is 4. The Kier molecular flexibility index (Phi) is 9.54. The molecule has 0 spiro atoms. The van der Waals surface area contributed by atoms with Crippen LogP contribution in [-0.2, 0) is 59.3 Å². The second-order valence-corrected chi connectivity index (χ2v) is 19.5. The molecule has 7 heteroatoms. The van der Waals surface area contributed by atoms with Gasteiger partial charge in [0.2, 0.25) is 0 Å². The van der Waals surface area contributed by atoms with Gasteiger partial charge >= 0.3 is 21.1 Å². The average Bonchev–Trinajstić information content (AvgIpc) is 3.75. The van der Waals surface area contributed by atoms with Gasteiger partial charge < -0.3 is 9.30 Å². The van der Waals surface area contributed by atoms with Crippen molar-refractivity contribution in [2.45, 2.75) is 121 Å². The van der Waals surface area contributed by atoms with Crippen LogP contribution in [0, 0.1) is 26.0 Å². The largest absolute Gasteiger partial charge is 2.00 e. The molecule has 1 aliphatic carbocycles. The normalized spacial score (nSPS) is 17.6. The molecule has 6 aromatic rings. The Morgan fingerprint density at radius 3 is 2.13 bits per heavy atom. The summed E-state index contributed by atoms with van der Waals surface area (Å²) in [6, 6.07) is 31.0. The number of hydrogen-bond acceptors (Lipinski definition) is 4. The Morgan fingerprint density at radius 2 is 1.43 bits per heavy atom. The Morgan fingerprint density at radius 1 is 0.759 bits per heavy atom. The Hall–Kier alpha value is -3.86. The van der Waals surface area contributed by atoms with Crippen LogP contribution in [-0.4, -0.2) is 25.8 Å². The van der Waals surface area contributed by atoms with Crippen molar-refractivity contribution >= 4 is 38.5 Å². The van der Waals surface area contributed by atoms with E-state index in [2.05, 4.69) is 147 Å². The van der Waals surface area contributed by atoms with Crippen molar-refractivity contribution in [2.75, 3.05) is 0 Å². The van der Waals surface area contributed by atoms with Gasteiger partial charge in [-0.05, 0) is 72.5 Å². The maximum absolute atomic E-state index is 14.6. The smallest absolute Gasteiger partial charge is 0.514 e. The van der Waals surface area contributed by atoms with Gasteiger partial charge in [0, 0.05) is 28.9 Å². The summed E-state index contributed by atoms with van der Waals surface area (Å²) in [4.78, 5) is 11.2. The quantitative estimate of drug-likeness (QED) is 0.166. The predicted molar refractivity (Wildman–Crippen MR) is 217 cm³/mol. The monoisotopic (exact) mass is 914 g/mol. The zero-order valence-electron chi connectivity index (χ0n) is 33.2. The van der Waals surface area contributed by atoms with Gasteiger partial charge in [0.25, 0.3) is 0 Å². The first-order valence-corrected chi connectivity index (χ1v) is 19.8. The SMILES string of the molecule is Cc1cc(C)c(S(=O)c2[c-]c3c(cc2)c2cc(C(C)(C)C)ccc2n3-c2cc(C(C)(C)C)ccn2)[c-]c1C1=N[C@@H]2c3ccc(C(C)(C)C)cc3C[C@@H]2O1.[Pt+2]. The number of rotatable bonds is 4. The molecule has 0 bridgehead atoms. The van der Waals surface area contributed by atoms with Crippen molar-refractivity contribution in [3.63, 3.8) is 0 Å². The molecule has 280 valence electrons. The van der Waals surface area contributed by atoms with Gasteiger partial charge in [0.15, 0.2) is 0 Å². The fourth-order valence-electron chi connectivity index (χ4n) is 7.79. The molecular formula is C47H49N3O2PtS. The second-order valence-electron chi connectivity index (χ2n) is 18.1. The van der Waals surface area contributed by atoms with Crippen LogP contribution in [0.5, 0.6) is 0 Å². The summed E-state index contributed by atoms with van der Waals surface area (Å²) in [5.41, 5.74) is 10.9. The fraction of sp³-hybridized carbons (Fsp3) is 0.362. The standard InChI is InChI=1S/C47H49N3O2S.Pt/c1-27-20-28(2)41(26-36(27)44-49-43-34-15-12-30(45(3,4)5)21-29(34)22-40(43)52-44)53(51)33-14-16-35-37-23-31(46(6,7)8)13-17-38(37)50(39(35)25-33)42-24-32(18-19-48-42)47(9,10)11;/h12-21,23-24,40,43H,22H2,1-11H3;/q-2;+2/t40-,43+,53?;/m0./s1. The molecule has 5 nitrogen and oxygen atoms in total. The summed E-state index contributed by atoms with van der Waals surface area (Å²) in [5.74, 6) is 1.40. The van der Waals surface area contributed by atoms with Crippen LogP contribution in [0.25, 0.3) is 27.6 Å². The number of nitrogens with zero attached hydrogens (tertiary/aromatic N) is 3. The minimum absolute atomic E-state index is 0. The number of hydrogen-bond donors (Lipinski definition) is 0. The van der Waals surface area contributed by atoms with Crippen LogP contribution in [0.1, 0.15) is 113 Å². The van der Waals surface area contributed by atoms with E-state index in [1.54, 1.807) is 0 Å². The van der Waals surface area contributed by atoms with E-state index in [-0.39, 0.29) is 49.5 Å². The van der Waals surface area contributed by atoms with Gasteiger partial charge in [-0.25, -0.2) is 4.98 Å². The van der Waals surface area contributed by atoms with E-state index in [4.69, 9.17) is 14.7 Å². The molecular weight excluding hydrogens is 866 g/mol. The second kappa shape index (κ2) is 13.4. The first-order chi connectivity index (χ1) is 24.9. The molecule has 0 fully saturated rings. The Balaban J connectivity index is 0.00000450. The van der Waals surface area contributed by atoms with Gasteiger partial charge in [-0.15, -0.1) is 34.7 Å². The predicted octanol–water partition coefficient (Wildman–Crippen LogP) is 10.9. The summed E-state index contributed by atoms with van der Waals surface area (Å²) in [6.07, 6.45) is 2.67. The van der Waals surface area contributed by atoms with Crippen molar-refractivity contribution in [3.8, 4) is 5.82 Å². The van der Waals surface area contributed by atoms with E-state index in [1.807, 2.05) is 19.2 Å². The Bertz CT molecular complexity index is 2530. The first kappa shape index (κ1) is 38.4. The molecule has 8 rings (SSSR count). The molecule has 2 aliphatic rings. The van der Waals surface area contributed by atoms with E-state index in [1.165, 1.54) is 27.8 Å². The van der Waals surface area contributed by atoms with E-state index >= 15 is 0 Å². The van der Waals surface area contributed by atoms with Crippen LogP contribution in [0.4, 0.5) is 0 Å². The molecule has 0 radical (unpaired) electrons. The number of pyridine rings is 1. The fourth-order valence-corrected chi connectivity index (χ4v) is 8.94. The van der Waals surface area contributed by atoms with E-state index in [0.717, 1.165) is 50.7 Å². The van der Waals surface area contributed by atoms with Gasteiger partial charge in [0.1, 0.15) is 23.9 Å². The number of aryl methyl sites for hydroxylation is 2. The number of aromatic nitrogens is 2. The van der Waals surface area contributed by atoms with E-state index in [9.17, 15) is 4.21 Å². The minimum atomic E-state index is -1.56. The van der Waals surface area contributed by atoms with Crippen molar-refractivity contribution in [1.82, 2.24) is 9.55 Å². The molecule has 0 N–H and O–H groups in total. The molecule has 1 aliphatic heterocycles. The van der Waals surface area contributed by atoms with Crippen LogP contribution in [0.15, 0.2) is 87.7 Å². The molecule has 1 unspecified atom stereocenters. The summed E-state index contributed by atoms with van der Waals surface area (Å²) in [6.45, 7) is 24.1. The zero-order chi connectivity index (χ0) is 37.8. The maximum atomic E-state index is 14.6. The van der Waals surface area contributed by atoms with Crippen molar-refractivity contribution in [3.05, 3.63) is 130 Å². The number of fused-ring (bicyclic) bond motifs is 6. The van der Waals surface area contributed by atoms with Gasteiger partial charge in [-0.1, -0.05) is 122 Å². The molecule has 2 aromatic heterocycles. The third-order valence-electron chi connectivity index (χ3n) is 11.0. The Labute approximate surface area is 337 Å². The third-order valence-corrected chi connectivity index (χ3v) is 12.4. The third kappa shape index (κ3) is 6.62. The van der Waals surface area contributed by atoms with E-state index in [0.29, 0.717) is 15.7 Å². The zero-order valence-corrected chi connectivity index (χ0v) is 36.3. The first-order valence-electron chi connectivity index (χ1n) is 18.7. The molecule has 3 heterocycles. The van der Waals surface area contributed by atoms with Gasteiger partial charge in [-0.3, -0.25) is 9.20 Å². The van der Waals surface area contributed by atoms with Crippen molar-refractivity contribution in [1.29, 1.82) is 0 Å². The minimum Gasteiger partial charge on any atom is -0.514 e. The molecule has 3 atom stereocenters. The molecule has 0 saturated carbocycles. The van der Waals surface area contributed by atoms with Crippen molar-refractivity contribution < 1.29 is 30.0 Å². The average molecular weight is 915 g/mol. The van der Waals surface area contributed by atoms with Crippen LogP contribution < -0.4 is 0 Å². The van der Waals surface area contributed by atoms with Crippen LogP contribution in [0.3, 0.4) is 0 Å². The molecule has 54 heavy (non-hydrogen) atoms. The molecule has 0 amide bonds. The summed E-state index contributed by atoms with van der Waals surface area (Å²) in [7, 11) is -1.56. The summed E-state index contributed by atoms with van der Waals surface area (Å²) >= 11 is 0. The summed E-state index contributed by atoms with van der Waals surface area (Å²) < 4.78 is 23.4. The number of ether oxygens (including phenoxy) is 1. The van der Waals surface area contributed by atoms with E-state index < -0.39 is 10.8 Å². The van der Waals surface area contributed by atoms with Gasteiger partial charge in [0.05, 0.1) is 0 Å².